The van der Waals surface area contributed by atoms with Crippen LogP contribution >= 0.6 is 0 Å². The van der Waals surface area contributed by atoms with E-state index in [1.54, 1.807) is 22.7 Å². The molecule has 0 N–H and O–H groups in total. The van der Waals surface area contributed by atoms with Gasteiger partial charge in [-0.1, -0.05) is 6.07 Å². The van der Waals surface area contributed by atoms with Crippen LogP contribution < -0.4 is 0 Å². The average molecular weight is 317 g/mol. The molecule has 1 aromatic carbocycles. The topological polar surface area (TPSA) is 50.5 Å². The molecule has 0 bridgehead atoms. The second-order valence-corrected chi connectivity index (χ2v) is 8.04. The summed E-state index contributed by atoms with van der Waals surface area (Å²) in [6.45, 7) is 0.317. The molecule has 4 rings (SSSR count). The van der Waals surface area contributed by atoms with E-state index < -0.39 is 10.0 Å². The van der Waals surface area contributed by atoms with Crippen molar-refractivity contribution in [1.29, 1.82) is 0 Å². The molecule has 1 aromatic heterocycles. The van der Waals surface area contributed by atoms with Crippen LogP contribution in [0.15, 0.2) is 45.9 Å². The van der Waals surface area contributed by atoms with Gasteiger partial charge in [-0.15, -0.1) is 0 Å². The maximum absolute atomic E-state index is 13.0. The molecule has 22 heavy (non-hydrogen) atoms. The third kappa shape index (κ3) is 2.48. The van der Waals surface area contributed by atoms with Crippen molar-refractivity contribution in [3.05, 3.63) is 53.5 Å². The second-order valence-electron chi connectivity index (χ2n) is 6.14. The number of furan rings is 1. The van der Waals surface area contributed by atoms with Crippen LogP contribution in [-0.2, 0) is 29.4 Å². The number of nitrogens with zero attached hydrogens (tertiary/aromatic N) is 1. The molecule has 0 saturated heterocycles. The van der Waals surface area contributed by atoms with Gasteiger partial charge in [-0.05, 0) is 67.5 Å². The van der Waals surface area contributed by atoms with Gasteiger partial charge in [0, 0.05) is 6.04 Å². The Labute approximate surface area is 130 Å². The number of aryl methyl sites for hydroxylation is 2. The summed E-state index contributed by atoms with van der Waals surface area (Å²) in [6.07, 6.45) is 6.63. The van der Waals surface area contributed by atoms with Gasteiger partial charge in [0.1, 0.15) is 5.76 Å². The summed E-state index contributed by atoms with van der Waals surface area (Å²) in [5.41, 5.74) is 2.48. The zero-order valence-electron chi connectivity index (χ0n) is 12.4. The SMILES string of the molecule is O=S(=O)(c1ccc2c(c1)CCC2)N(Cc1ccco1)C1CC1. The summed E-state index contributed by atoms with van der Waals surface area (Å²) in [5, 5.41) is 0. The molecule has 1 fully saturated rings. The zero-order valence-corrected chi connectivity index (χ0v) is 13.2. The van der Waals surface area contributed by atoms with Gasteiger partial charge in [0.05, 0.1) is 17.7 Å². The largest absolute Gasteiger partial charge is 0.468 e. The summed E-state index contributed by atoms with van der Waals surface area (Å²) in [5.74, 6) is 0.691. The molecule has 2 aliphatic rings. The van der Waals surface area contributed by atoms with E-state index >= 15 is 0 Å². The first-order chi connectivity index (χ1) is 10.6. The molecule has 2 aliphatic carbocycles. The Balaban J connectivity index is 1.68. The fourth-order valence-corrected chi connectivity index (χ4v) is 4.88. The molecule has 0 spiro atoms. The molecule has 116 valence electrons. The lowest BCUT2D eigenvalue weighted by molar-refractivity contribution is 0.356. The predicted molar refractivity (Wildman–Crippen MR) is 82.9 cm³/mol. The van der Waals surface area contributed by atoms with E-state index in [1.807, 2.05) is 18.2 Å². The number of fused-ring (bicyclic) bond motifs is 1. The minimum absolute atomic E-state index is 0.114. The Kier molecular flexibility index (Phi) is 3.35. The summed E-state index contributed by atoms with van der Waals surface area (Å²) in [6, 6.07) is 9.35. The van der Waals surface area contributed by atoms with Crippen molar-refractivity contribution in [2.75, 3.05) is 0 Å². The van der Waals surface area contributed by atoms with Crippen LogP contribution in [0.4, 0.5) is 0 Å². The third-order valence-corrected chi connectivity index (χ3v) is 6.42. The number of sulfonamides is 1. The van der Waals surface area contributed by atoms with E-state index in [0.717, 1.165) is 32.1 Å². The highest BCUT2D eigenvalue weighted by Gasteiger charge is 2.38. The molecule has 1 heterocycles. The highest BCUT2D eigenvalue weighted by atomic mass is 32.2. The number of benzene rings is 1. The van der Waals surface area contributed by atoms with Crippen LogP contribution in [0, 0.1) is 0 Å². The Bertz CT molecular complexity index is 776. The van der Waals surface area contributed by atoms with Crippen LogP contribution in [0.2, 0.25) is 0 Å². The maximum Gasteiger partial charge on any atom is 0.243 e. The molecule has 5 heteroatoms. The average Bonchev–Trinajstić information content (AvgIpc) is 3.02. The molecule has 0 unspecified atom stereocenters. The Morgan fingerprint density at radius 3 is 2.68 bits per heavy atom. The van der Waals surface area contributed by atoms with Crippen molar-refractivity contribution in [3.63, 3.8) is 0 Å². The fourth-order valence-electron chi connectivity index (χ4n) is 3.17. The Morgan fingerprint density at radius 1 is 1.14 bits per heavy atom. The molecule has 0 aliphatic heterocycles. The first-order valence-electron chi connectivity index (χ1n) is 7.80. The molecule has 2 aromatic rings. The van der Waals surface area contributed by atoms with Crippen molar-refractivity contribution in [2.24, 2.45) is 0 Å². The summed E-state index contributed by atoms with van der Waals surface area (Å²) >= 11 is 0. The minimum Gasteiger partial charge on any atom is -0.468 e. The zero-order chi connectivity index (χ0) is 15.2. The fraction of sp³-hybridized carbons (Fsp3) is 0.412. The molecule has 4 nitrogen and oxygen atoms in total. The van der Waals surface area contributed by atoms with Crippen molar-refractivity contribution < 1.29 is 12.8 Å². The van der Waals surface area contributed by atoms with E-state index in [1.165, 1.54) is 11.1 Å². The summed E-state index contributed by atoms with van der Waals surface area (Å²) in [4.78, 5) is 0.423. The number of hydrogen-bond acceptors (Lipinski definition) is 3. The van der Waals surface area contributed by atoms with Gasteiger partial charge in [-0.2, -0.15) is 4.31 Å². The van der Waals surface area contributed by atoms with Crippen molar-refractivity contribution in [1.82, 2.24) is 4.31 Å². The maximum atomic E-state index is 13.0. The standard InChI is InChI=1S/C17H19NO3S/c19-22(20,17-9-6-13-3-1-4-14(13)11-17)18(15-7-8-15)12-16-5-2-10-21-16/h2,5-6,9-11,15H,1,3-4,7-8,12H2. The van der Waals surface area contributed by atoms with Gasteiger partial charge in [0.25, 0.3) is 0 Å². The Hall–Kier alpha value is -1.59. The molecule has 1 saturated carbocycles. The second kappa shape index (κ2) is 5.25. The van der Waals surface area contributed by atoms with Gasteiger partial charge < -0.3 is 4.42 Å². The third-order valence-electron chi connectivity index (χ3n) is 4.52. The van der Waals surface area contributed by atoms with Gasteiger partial charge >= 0.3 is 0 Å². The number of hydrogen-bond donors (Lipinski definition) is 0. The summed E-state index contributed by atoms with van der Waals surface area (Å²) < 4.78 is 33.0. The molecule has 0 radical (unpaired) electrons. The van der Waals surface area contributed by atoms with Crippen LogP contribution in [-0.4, -0.2) is 18.8 Å². The van der Waals surface area contributed by atoms with E-state index in [4.69, 9.17) is 4.42 Å². The van der Waals surface area contributed by atoms with E-state index in [2.05, 4.69) is 0 Å². The number of rotatable bonds is 5. The minimum atomic E-state index is -3.46. The van der Waals surface area contributed by atoms with Gasteiger partial charge in [-0.25, -0.2) is 8.42 Å². The Morgan fingerprint density at radius 2 is 1.95 bits per heavy atom. The van der Waals surface area contributed by atoms with Gasteiger partial charge in [0.15, 0.2) is 0 Å². The summed E-state index contributed by atoms with van der Waals surface area (Å²) in [7, 11) is -3.46. The predicted octanol–water partition coefficient (Wildman–Crippen LogP) is 3.12. The van der Waals surface area contributed by atoms with Crippen LogP contribution in [0.25, 0.3) is 0 Å². The molecular weight excluding hydrogens is 298 g/mol. The highest BCUT2D eigenvalue weighted by Crippen LogP contribution is 2.34. The van der Waals surface area contributed by atoms with E-state index in [-0.39, 0.29) is 6.04 Å². The van der Waals surface area contributed by atoms with Crippen molar-refractivity contribution in [3.8, 4) is 0 Å². The lowest BCUT2D eigenvalue weighted by Gasteiger charge is -2.21. The molecule has 0 amide bonds. The van der Waals surface area contributed by atoms with Crippen LogP contribution in [0.5, 0.6) is 0 Å². The highest BCUT2D eigenvalue weighted by molar-refractivity contribution is 7.89. The van der Waals surface area contributed by atoms with E-state index in [0.29, 0.717) is 17.2 Å². The monoisotopic (exact) mass is 317 g/mol. The molecular formula is C17H19NO3S. The quantitative estimate of drug-likeness (QED) is 0.851. The lowest BCUT2D eigenvalue weighted by atomic mass is 10.1. The first-order valence-corrected chi connectivity index (χ1v) is 9.24. The van der Waals surface area contributed by atoms with Gasteiger partial charge in [0.2, 0.25) is 10.0 Å². The van der Waals surface area contributed by atoms with Crippen LogP contribution in [0.3, 0.4) is 0 Å². The van der Waals surface area contributed by atoms with Crippen molar-refractivity contribution in [2.45, 2.75) is 49.6 Å². The van der Waals surface area contributed by atoms with Crippen LogP contribution in [0.1, 0.15) is 36.1 Å². The lowest BCUT2D eigenvalue weighted by Crippen LogP contribution is -2.32. The first kappa shape index (κ1) is 14.0. The smallest absolute Gasteiger partial charge is 0.243 e. The normalized spacial score (nSPS) is 17.9. The van der Waals surface area contributed by atoms with E-state index in [9.17, 15) is 8.42 Å². The van der Waals surface area contributed by atoms with Gasteiger partial charge in [-0.3, -0.25) is 0 Å². The molecule has 0 atom stereocenters. The van der Waals surface area contributed by atoms with Crippen molar-refractivity contribution >= 4 is 10.0 Å².